The summed E-state index contributed by atoms with van der Waals surface area (Å²) in [6.07, 6.45) is 2.46. The number of piperazine rings is 1. The fourth-order valence-corrected chi connectivity index (χ4v) is 4.52. The zero-order valence-electron chi connectivity index (χ0n) is 19.5. The molecular formula is C27H27N5O3. The number of para-hydroxylation sites is 1. The molecular weight excluding hydrogens is 442 g/mol. The summed E-state index contributed by atoms with van der Waals surface area (Å²) in [5, 5.41) is 0.975. The van der Waals surface area contributed by atoms with Crippen LogP contribution in [0, 0.1) is 0 Å². The van der Waals surface area contributed by atoms with Crippen LogP contribution in [-0.4, -0.2) is 48.0 Å². The molecule has 4 aromatic rings. The van der Waals surface area contributed by atoms with Gasteiger partial charge in [0, 0.05) is 42.3 Å². The lowest BCUT2D eigenvalue weighted by atomic mass is 9.99. The van der Waals surface area contributed by atoms with E-state index in [4.69, 9.17) is 15.2 Å². The number of nitrogen functional groups attached to an aromatic ring is 1. The summed E-state index contributed by atoms with van der Waals surface area (Å²) in [6, 6.07) is 21.2. The first kappa shape index (κ1) is 22.5. The van der Waals surface area contributed by atoms with Gasteiger partial charge in [0.15, 0.2) is 11.5 Å². The number of ether oxygens (including phenoxy) is 2. The molecule has 0 aliphatic carbocycles. The number of carbonyl (C=O) groups is 1. The maximum atomic E-state index is 12.0. The van der Waals surface area contributed by atoms with Gasteiger partial charge in [-0.1, -0.05) is 42.5 Å². The molecule has 1 atom stereocenters. The summed E-state index contributed by atoms with van der Waals surface area (Å²) < 4.78 is 11.7. The van der Waals surface area contributed by atoms with Crippen molar-refractivity contribution in [3.63, 3.8) is 0 Å². The molecule has 2 N–H and O–H groups in total. The summed E-state index contributed by atoms with van der Waals surface area (Å²) in [5.41, 5.74) is 9.79. The predicted molar refractivity (Wildman–Crippen MR) is 135 cm³/mol. The monoisotopic (exact) mass is 469 g/mol. The number of carbonyl (C=O) groups excluding carboxylic acids is 1. The zero-order valence-corrected chi connectivity index (χ0v) is 19.5. The van der Waals surface area contributed by atoms with Crippen LogP contribution in [0.15, 0.2) is 73.1 Å². The predicted octanol–water partition coefficient (Wildman–Crippen LogP) is 3.82. The number of nitrogens with zero attached hydrogens (tertiary/aromatic N) is 4. The van der Waals surface area contributed by atoms with E-state index in [0.29, 0.717) is 43.4 Å². The maximum absolute atomic E-state index is 12.0. The quantitative estimate of drug-likeness (QED) is 0.325. The molecule has 8 heteroatoms. The maximum Gasteiger partial charge on any atom is 0.210 e. The number of amides is 1. The summed E-state index contributed by atoms with van der Waals surface area (Å²) in [7, 11) is 1.60. The van der Waals surface area contributed by atoms with E-state index in [1.807, 2.05) is 60.7 Å². The van der Waals surface area contributed by atoms with E-state index in [-0.39, 0.29) is 6.04 Å². The topological polar surface area (TPSA) is 93.8 Å². The highest BCUT2D eigenvalue weighted by molar-refractivity contribution is 5.89. The van der Waals surface area contributed by atoms with Gasteiger partial charge in [-0.2, -0.15) is 0 Å². The summed E-state index contributed by atoms with van der Waals surface area (Å²) in [6.45, 7) is 2.14. The van der Waals surface area contributed by atoms with Gasteiger partial charge in [-0.3, -0.25) is 4.79 Å². The molecule has 1 unspecified atom stereocenters. The lowest BCUT2D eigenvalue weighted by Gasteiger charge is -2.41. The molecule has 1 fully saturated rings. The van der Waals surface area contributed by atoms with Gasteiger partial charge in [-0.15, -0.1) is 0 Å². The molecule has 1 amide bonds. The second-order valence-electron chi connectivity index (χ2n) is 8.43. The molecule has 1 aliphatic heterocycles. The van der Waals surface area contributed by atoms with Crippen molar-refractivity contribution in [1.82, 2.24) is 14.9 Å². The number of benzene rings is 3. The van der Waals surface area contributed by atoms with Crippen molar-refractivity contribution in [3.05, 3.63) is 84.2 Å². The minimum absolute atomic E-state index is 0.271. The van der Waals surface area contributed by atoms with Gasteiger partial charge in [-0.05, 0) is 23.8 Å². The zero-order chi connectivity index (χ0) is 24.2. The third-order valence-electron chi connectivity index (χ3n) is 6.34. The Morgan fingerprint density at radius 2 is 1.83 bits per heavy atom. The van der Waals surface area contributed by atoms with Crippen molar-refractivity contribution < 1.29 is 14.3 Å². The van der Waals surface area contributed by atoms with Crippen LogP contribution < -0.4 is 20.1 Å². The number of methoxy groups -OCH3 is 1. The van der Waals surface area contributed by atoms with E-state index in [9.17, 15) is 4.79 Å². The lowest BCUT2D eigenvalue weighted by Crippen LogP contribution is -2.48. The average molecular weight is 470 g/mol. The van der Waals surface area contributed by atoms with E-state index < -0.39 is 0 Å². The molecule has 1 aliphatic rings. The standard InChI is InChI=1S/C27H27N5O3/c1-34-25-13-21(22(28)14-26(25)35-16-19-7-3-2-4-8-19)24-15-31(11-12-32(24)18-33)27-20-9-5-6-10-23(20)29-17-30-27/h2-10,13-14,17-18,24H,11-12,15-16,28H2,1H3. The lowest BCUT2D eigenvalue weighted by molar-refractivity contribution is -0.120. The molecule has 35 heavy (non-hydrogen) atoms. The van der Waals surface area contributed by atoms with E-state index in [2.05, 4.69) is 14.9 Å². The number of hydrogen-bond acceptors (Lipinski definition) is 7. The van der Waals surface area contributed by atoms with Crippen molar-refractivity contribution >= 4 is 28.8 Å². The van der Waals surface area contributed by atoms with Crippen LogP contribution in [0.4, 0.5) is 11.5 Å². The van der Waals surface area contributed by atoms with E-state index in [0.717, 1.165) is 34.3 Å². The van der Waals surface area contributed by atoms with Crippen molar-refractivity contribution in [2.45, 2.75) is 12.6 Å². The fraction of sp³-hybridized carbons (Fsp3) is 0.222. The minimum Gasteiger partial charge on any atom is -0.493 e. The van der Waals surface area contributed by atoms with Crippen molar-refractivity contribution in [2.75, 3.05) is 37.4 Å². The SMILES string of the molecule is COc1cc(C2CN(c3ncnc4ccccc34)CCN2C=O)c(N)cc1OCc1ccccc1. The number of hydrogen-bond donors (Lipinski definition) is 1. The molecule has 3 aromatic carbocycles. The number of anilines is 2. The average Bonchev–Trinajstić information content (AvgIpc) is 2.92. The van der Waals surface area contributed by atoms with Gasteiger partial charge in [0.1, 0.15) is 18.8 Å². The summed E-state index contributed by atoms with van der Waals surface area (Å²) in [5.74, 6) is 1.98. The molecule has 2 heterocycles. The largest absolute Gasteiger partial charge is 0.493 e. The first-order chi connectivity index (χ1) is 17.2. The third kappa shape index (κ3) is 4.55. The van der Waals surface area contributed by atoms with Crippen LogP contribution in [0.25, 0.3) is 10.9 Å². The molecule has 0 spiro atoms. The van der Waals surface area contributed by atoms with Gasteiger partial charge in [-0.25, -0.2) is 9.97 Å². The minimum atomic E-state index is -0.271. The van der Waals surface area contributed by atoms with E-state index >= 15 is 0 Å². The smallest absolute Gasteiger partial charge is 0.210 e. The molecule has 0 bridgehead atoms. The molecule has 0 saturated carbocycles. The Bertz CT molecular complexity index is 1330. The summed E-state index contributed by atoms with van der Waals surface area (Å²) >= 11 is 0. The third-order valence-corrected chi connectivity index (χ3v) is 6.34. The van der Waals surface area contributed by atoms with Crippen LogP contribution in [0.5, 0.6) is 11.5 Å². The van der Waals surface area contributed by atoms with E-state index in [1.54, 1.807) is 24.4 Å². The molecule has 0 radical (unpaired) electrons. The second kappa shape index (κ2) is 9.89. The molecule has 5 rings (SSSR count). The number of aromatic nitrogens is 2. The Balaban J connectivity index is 1.45. The molecule has 178 valence electrons. The number of nitrogens with two attached hydrogens (primary N) is 1. The molecule has 1 aromatic heterocycles. The van der Waals surface area contributed by atoms with Gasteiger partial charge in [0.05, 0.1) is 18.7 Å². The van der Waals surface area contributed by atoms with Gasteiger partial charge in [0.25, 0.3) is 0 Å². The Labute approximate surface area is 203 Å². The van der Waals surface area contributed by atoms with Crippen LogP contribution >= 0.6 is 0 Å². The highest BCUT2D eigenvalue weighted by Crippen LogP contribution is 2.39. The number of rotatable bonds is 7. The van der Waals surface area contributed by atoms with Crippen LogP contribution in [-0.2, 0) is 11.4 Å². The van der Waals surface area contributed by atoms with Crippen molar-refractivity contribution in [3.8, 4) is 11.5 Å². The van der Waals surface area contributed by atoms with E-state index in [1.165, 1.54) is 0 Å². The molecule has 1 saturated heterocycles. The van der Waals surface area contributed by atoms with Gasteiger partial charge < -0.3 is 25.0 Å². The van der Waals surface area contributed by atoms with Crippen LogP contribution in [0.2, 0.25) is 0 Å². The van der Waals surface area contributed by atoms with Crippen LogP contribution in [0.1, 0.15) is 17.2 Å². The van der Waals surface area contributed by atoms with Crippen molar-refractivity contribution in [1.29, 1.82) is 0 Å². The van der Waals surface area contributed by atoms with Crippen molar-refractivity contribution in [2.24, 2.45) is 0 Å². The van der Waals surface area contributed by atoms with Crippen LogP contribution in [0.3, 0.4) is 0 Å². The fourth-order valence-electron chi connectivity index (χ4n) is 4.52. The highest BCUT2D eigenvalue weighted by atomic mass is 16.5. The summed E-state index contributed by atoms with van der Waals surface area (Å²) in [4.78, 5) is 24.9. The molecule has 8 nitrogen and oxygen atoms in total. The Kier molecular flexibility index (Phi) is 6.34. The highest BCUT2D eigenvalue weighted by Gasteiger charge is 2.31. The number of fused-ring (bicyclic) bond motifs is 1. The first-order valence-corrected chi connectivity index (χ1v) is 11.5. The normalized spacial score (nSPS) is 15.7. The second-order valence-corrected chi connectivity index (χ2v) is 8.43. The van der Waals surface area contributed by atoms with Gasteiger partial charge >= 0.3 is 0 Å². The Morgan fingerprint density at radius 1 is 1.03 bits per heavy atom. The Morgan fingerprint density at radius 3 is 2.63 bits per heavy atom. The van der Waals surface area contributed by atoms with Gasteiger partial charge in [0.2, 0.25) is 6.41 Å². The Hall–Kier alpha value is -4.33. The first-order valence-electron chi connectivity index (χ1n) is 11.5.